The molecule has 10 nitrogen and oxygen atoms in total. The van der Waals surface area contributed by atoms with E-state index in [9.17, 15) is 19.6 Å². The zero-order valence-electron chi connectivity index (χ0n) is 17.5. The first-order valence-electron chi connectivity index (χ1n) is 10.3. The minimum atomic E-state index is -3.82. The summed E-state index contributed by atoms with van der Waals surface area (Å²) >= 11 is 0. The van der Waals surface area contributed by atoms with Crippen LogP contribution in [-0.2, 0) is 27.7 Å². The summed E-state index contributed by atoms with van der Waals surface area (Å²) in [6.07, 6.45) is 3.49. The second kappa shape index (κ2) is 12.0. The van der Waals surface area contributed by atoms with Gasteiger partial charge in [0.05, 0.1) is 26.4 Å². The summed E-state index contributed by atoms with van der Waals surface area (Å²) in [7, 11) is -3.82. The van der Waals surface area contributed by atoms with E-state index in [1.165, 1.54) is 0 Å². The molecule has 2 aliphatic rings. The number of primary amides is 1. The number of amides is 1. The molecule has 4 atom stereocenters. The molecule has 2 heterocycles. The maximum atomic E-state index is 12.9. The molecule has 172 valence electrons. The van der Waals surface area contributed by atoms with Gasteiger partial charge in [-0.05, 0) is 18.9 Å². The van der Waals surface area contributed by atoms with E-state index in [1.807, 2.05) is 13.8 Å². The normalized spacial score (nSPS) is 26.8. The van der Waals surface area contributed by atoms with Gasteiger partial charge >= 0.3 is 7.82 Å². The van der Waals surface area contributed by atoms with Crippen molar-refractivity contribution < 1.29 is 37.9 Å². The maximum absolute atomic E-state index is 12.9. The lowest BCUT2D eigenvalue weighted by Crippen LogP contribution is -2.43. The number of aliphatic hydroxyl groups is 2. The number of nitrogens with zero attached hydrogens (tertiary/aromatic N) is 1. The van der Waals surface area contributed by atoms with Crippen molar-refractivity contribution >= 4 is 13.7 Å². The molecule has 0 radical (unpaired) electrons. The van der Waals surface area contributed by atoms with Crippen LogP contribution in [0.2, 0.25) is 0 Å². The predicted octanol–water partition coefficient (Wildman–Crippen LogP) is 1.43. The molecule has 1 saturated heterocycles. The molecule has 0 aromatic rings. The van der Waals surface area contributed by atoms with Crippen molar-refractivity contribution in [3.05, 3.63) is 23.9 Å². The molecule has 4 unspecified atom stereocenters. The molecule has 1 fully saturated rings. The molecular weight excluding hydrogens is 415 g/mol. The number of rotatable bonds is 13. The molecule has 2 rings (SSSR count). The first-order chi connectivity index (χ1) is 14.3. The van der Waals surface area contributed by atoms with Crippen LogP contribution in [-0.4, -0.2) is 71.9 Å². The lowest BCUT2D eigenvalue weighted by atomic mass is 10.1. The number of nitrogens with two attached hydrogens (primary N) is 1. The first-order valence-corrected chi connectivity index (χ1v) is 11.8. The summed E-state index contributed by atoms with van der Waals surface area (Å²) in [5.41, 5.74) is 5.66. The minimum Gasteiger partial charge on any atom is -0.387 e. The number of carbonyl (C=O) groups excluding carboxylic acids is 1. The van der Waals surface area contributed by atoms with E-state index in [0.717, 1.165) is 12.8 Å². The molecule has 11 heteroatoms. The monoisotopic (exact) mass is 448 g/mol. The Bertz CT molecular complexity index is 657. The molecule has 30 heavy (non-hydrogen) atoms. The third-order valence-electron chi connectivity index (χ3n) is 4.80. The third kappa shape index (κ3) is 6.88. The van der Waals surface area contributed by atoms with Crippen LogP contribution in [0.1, 0.15) is 39.5 Å². The molecule has 0 aromatic carbocycles. The fraction of sp³-hybridized carbons (Fsp3) is 0.737. The Balaban J connectivity index is 1.96. The average Bonchev–Trinajstić information content (AvgIpc) is 3.01. The van der Waals surface area contributed by atoms with E-state index >= 15 is 0 Å². The van der Waals surface area contributed by atoms with Crippen LogP contribution < -0.4 is 5.73 Å². The highest BCUT2D eigenvalue weighted by atomic mass is 31.2. The zero-order chi connectivity index (χ0) is 22.1. The number of aliphatic hydroxyl groups excluding tert-OH is 2. The fourth-order valence-corrected chi connectivity index (χ4v) is 4.22. The topological polar surface area (TPSA) is 141 Å². The van der Waals surface area contributed by atoms with Gasteiger partial charge < -0.3 is 25.6 Å². The summed E-state index contributed by atoms with van der Waals surface area (Å²) in [6, 6.07) is 0. The highest BCUT2D eigenvalue weighted by Crippen LogP contribution is 2.50. The third-order valence-corrected chi connectivity index (χ3v) is 6.26. The van der Waals surface area contributed by atoms with Crippen LogP contribution in [0.25, 0.3) is 0 Å². The van der Waals surface area contributed by atoms with E-state index in [2.05, 4.69) is 0 Å². The summed E-state index contributed by atoms with van der Waals surface area (Å²) in [5.74, 6) is -0.577. The van der Waals surface area contributed by atoms with Gasteiger partial charge in [-0.15, -0.1) is 0 Å². The quantitative estimate of drug-likeness (QED) is 0.282. The van der Waals surface area contributed by atoms with Crippen LogP contribution in [0.15, 0.2) is 23.9 Å². The molecule has 0 spiro atoms. The van der Waals surface area contributed by atoms with Crippen molar-refractivity contribution in [1.29, 1.82) is 0 Å². The molecule has 4 N–H and O–H groups in total. The van der Waals surface area contributed by atoms with Crippen molar-refractivity contribution in [1.82, 2.24) is 4.90 Å². The maximum Gasteiger partial charge on any atom is 0.474 e. The number of phosphoric acid groups is 1. The zero-order valence-corrected chi connectivity index (χ0v) is 18.4. The van der Waals surface area contributed by atoms with Crippen molar-refractivity contribution in [3.8, 4) is 0 Å². The number of allylic oxidation sites excluding steroid dienone is 2. The van der Waals surface area contributed by atoms with E-state index in [1.54, 1.807) is 23.3 Å². The predicted molar refractivity (Wildman–Crippen MR) is 109 cm³/mol. The Morgan fingerprint density at radius 1 is 1.20 bits per heavy atom. The van der Waals surface area contributed by atoms with Gasteiger partial charge in [0, 0.05) is 11.8 Å². The van der Waals surface area contributed by atoms with Gasteiger partial charge in [-0.2, -0.15) is 0 Å². The van der Waals surface area contributed by atoms with Crippen molar-refractivity contribution in [2.75, 3.05) is 26.4 Å². The van der Waals surface area contributed by atoms with Gasteiger partial charge in [-0.1, -0.05) is 32.8 Å². The number of unbranched alkanes of at least 4 members (excludes halogenated alkanes) is 2. The molecular formula is C19H33N2O8P. The van der Waals surface area contributed by atoms with Gasteiger partial charge in [-0.25, -0.2) is 4.57 Å². The summed E-state index contributed by atoms with van der Waals surface area (Å²) < 4.78 is 34.7. The number of ether oxygens (including phenoxy) is 1. The van der Waals surface area contributed by atoms with Crippen LogP contribution in [0.4, 0.5) is 0 Å². The molecule has 0 aliphatic carbocycles. The van der Waals surface area contributed by atoms with Gasteiger partial charge in [0.2, 0.25) is 5.91 Å². The summed E-state index contributed by atoms with van der Waals surface area (Å²) in [4.78, 5) is 13.0. The number of phosphoric ester groups is 1. The molecule has 0 bridgehead atoms. The number of carbonyl (C=O) groups is 1. The summed E-state index contributed by atoms with van der Waals surface area (Å²) in [6.45, 7) is 4.24. The van der Waals surface area contributed by atoms with E-state index in [4.69, 9.17) is 24.0 Å². The van der Waals surface area contributed by atoms with Gasteiger partial charge in [0.1, 0.15) is 18.3 Å². The second-order valence-electron chi connectivity index (χ2n) is 7.23. The Morgan fingerprint density at radius 3 is 2.40 bits per heavy atom. The first kappa shape index (κ1) is 25.0. The van der Waals surface area contributed by atoms with Crippen LogP contribution in [0.5, 0.6) is 0 Å². The standard InChI is InChI=1S/C19H33N2O8P/c1-3-5-10-26-30(25,27-11-6-4-2)28-13-15-16(22)17(23)19(29-15)21-9-7-8-14(12-21)18(20)24/h7-9,15-17,19,22-23H,3-6,10-13H2,1-2H3,(H2,20,24). The Labute approximate surface area is 177 Å². The van der Waals surface area contributed by atoms with Gasteiger partial charge in [0.25, 0.3) is 0 Å². The number of hydrogen-bond acceptors (Lipinski definition) is 9. The van der Waals surface area contributed by atoms with Crippen molar-refractivity contribution in [3.63, 3.8) is 0 Å². The average molecular weight is 448 g/mol. The SMILES string of the molecule is CCCCOP(=O)(OCCCC)OCC1OC(N2C=CC=C(C(N)=O)C2)C(O)C1O. The molecule has 1 amide bonds. The van der Waals surface area contributed by atoms with E-state index in [-0.39, 0.29) is 26.4 Å². The smallest absolute Gasteiger partial charge is 0.387 e. The van der Waals surface area contributed by atoms with E-state index in [0.29, 0.717) is 18.4 Å². The van der Waals surface area contributed by atoms with Crippen LogP contribution >= 0.6 is 7.82 Å². The fourth-order valence-electron chi connectivity index (χ4n) is 2.97. The highest BCUT2D eigenvalue weighted by Gasteiger charge is 2.46. The number of hydrogen-bond donors (Lipinski definition) is 3. The van der Waals surface area contributed by atoms with E-state index < -0.39 is 38.3 Å². The molecule has 0 saturated carbocycles. The second-order valence-corrected chi connectivity index (χ2v) is 8.90. The van der Waals surface area contributed by atoms with Crippen molar-refractivity contribution in [2.45, 2.75) is 64.1 Å². The van der Waals surface area contributed by atoms with Crippen LogP contribution in [0.3, 0.4) is 0 Å². The lowest BCUT2D eigenvalue weighted by molar-refractivity contribution is -0.115. The highest BCUT2D eigenvalue weighted by molar-refractivity contribution is 7.48. The van der Waals surface area contributed by atoms with Gasteiger partial charge in [-0.3, -0.25) is 18.4 Å². The van der Waals surface area contributed by atoms with Crippen LogP contribution in [0, 0.1) is 0 Å². The summed E-state index contributed by atoms with van der Waals surface area (Å²) in [5, 5.41) is 20.8. The largest absolute Gasteiger partial charge is 0.474 e. The lowest BCUT2D eigenvalue weighted by Gasteiger charge is -2.31. The Hall–Kier alpha value is -1.26. The Morgan fingerprint density at radius 2 is 1.83 bits per heavy atom. The van der Waals surface area contributed by atoms with Crippen molar-refractivity contribution in [2.24, 2.45) is 5.73 Å². The minimum absolute atomic E-state index is 0.132. The molecule has 0 aromatic heterocycles. The van der Waals surface area contributed by atoms with Gasteiger partial charge in [0.15, 0.2) is 6.23 Å². The Kier molecular flexibility index (Phi) is 9.96. The molecule has 2 aliphatic heterocycles.